The molecule has 20 heavy (non-hydrogen) atoms. The van der Waals surface area contributed by atoms with Crippen molar-refractivity contribution in [2.24, 2.45) is 0 Å². The molecule has 7 heteroatoms. The maximum absolute atomic E-state index is 12.4. The van der Waals surface area contributed by atoms with Gasteiger partial charge in [-0.05, 0) is 19.1 Å². The molecule has 0 aliphatic carbocycles. The molecule has 1 saturated heterocycles. The molecule has 1 aliphatic rings. The fourth-order valence-corrected chi connectivity index (χ4v) is 3.90. The second-order valence-corrected chi connectivity index (χ2v) is 6.75. The zero-order chi connectivity index (χ0) is 14.7. The SMILES string of the molecule is COC(=O)[C@@H]1CN(C(=O)c2ccc(C(C)=O)s2)CCS1. The molecule has 108 valence electrons. The fraction of sp³-hybridized carbons (Fsp3) is 0.462. The van der Waals surface area contributed by atoms with Crippen LogP contribution >= 0.6 is 23.1 Å². The largest absolute Gasteiger partial charge is 0.468 e. The monoisotopic (exact) mass is 313 g/mol. The van der Waals surface area contributed by atoms with Crippen LogP contribution in [-0.2, 0) is 9.53 Å². The molecule has 0 aromatic carbocycles. The molecular formula is C13H15NO4S2. The number of hydrogen-bond acceptors (Lipinski definition) is 6. The molecule has 0 unspecified atom stereocenters. The van der Waals surface area contributed by atoms with Crippen molar-refractivity contribution in [1.29, 1.82) is 0 Å². The van der Waals surface area contributed by atoms with Gasteiger partial charge in [0.15, 0.2) is 5.78 Å². The Morgan fingerprint density at radius 3 is 2.60 bits per heavy atom. The lowest BCUT2D eigenvalue weighted by Crippen LogP contribution is -2.44. The summed E-state index contributed by atoms with van der Waals surface area (Å²) >= 11 is 2.70. The zero-order valence-electron chi connectivity index (χ0n) is 11.3. The Bertz CT molecular complexity index is 540. The van der Waals surface area contributed by atoms with Crippen molar-refractivity contribution < 1.29 is 19.1 Å². The van der Waals surface area contributed by atoms with Crippen molar-refractivity contribution in [3.8, 4) is 0 Å². The van der Waals surface area contributed by atoms with Gasteiger partial charge < -0.3 is 9.64 Å². The van der Waals surface area contributed by atoms with Crippen molar-refractivity contribution >= 4 is 40.8 Å². The summed E-state index contributed by atoms with van der Waals surface area (Å²) in [5.74, 6) is 0.228. The maximum atomic E-state index is 12.4. The van der Waals surface area contributed by atoms with Crippen LogP contribution in [0.25, 0.3) is 0 Å². The molecule has 1 aromatic heterocycles. The number of amides is 1. The van der Waals surface area contributed by atoms with E-state index in [1.54, 1.807) is 17.0 Å². The minimum atomic E-state index is -0.329. The van der Waals surface area contributed by atoms with E-state index >= 15 is 0 Å². The molecule has 5 nitrogen and oxygen atoms in total. The predicted octanol–water partition coefficient (Wildman–Crippen LogP) is 1.68. The van der Waals surface area contributed by atoms with E-state index in [-0.39, 0.29) is 22.9 Å². The van der Waals surface area contributed by atoms with Gasteiger partial charge in [-0.2, -0.15) is 0 Å². The summed E-state index contributed by atoms with van der Waals surface area (Å²) in [5.41, 5.74) is 0. The molecule has 0 N–H and O–H groups in total. The van der Waals surface area contributed by atoms with Gasteiger partial charge in [0.25, 0.3) is 5.91 Å². The molecule has 1 atom stereocenters. The first kappa shape index (κ1) is 15.1. The van der Waals surface area contributed by atoms with Gasteiger partial charge in [0.05, 0.1) is 16.9 Å². The summed E-state index contributed by atoms with van der Waals surface area (Å²) in [4.78, 5) is 37.9. The second-order valence-electron chi connectivity index (χ2n) is 4.35. The van der Waals surface area contributed by atoms with Crippen LogP contribution in [0.5, 0.6) is 0 Å². The molecular weight excluding hydrogens is 298 g/mol. The summed E-state index contributed by atoms with van der Waals surface area (Å²) in [5, 5.41) is -0.329. The van der Waals surface area contributed by atoms with E-state index < -0.39 is 0 Å². The van der Waals surface area contributed by atoms with Gasteiger partial charge in [-0.3, -0.25) is 14.4 Å². The Labute approximate surface area is 125 Å². The van der Waals surface area contributed by atoms with Crippen molar-refractivity contribution in [2.45, 2.75) is 12.2 Å². The van der Waals surface area contributed by atoms with Gasteiger partial charge in [0.2, 0.25) is 0 Å². The van der Waals surface area contributed by atoms with Crippen LogP contribution in [-0.4, -0.2) is 53.8 Å². The van der Waals surface area contributed by atoms with Crippen molar-refractivity contribution in [3.63, 3.8) is 0 Å². The van der Waals surface area contributed by atoms with Crippen molar-refractivity contribution in [2.75, 3.05) is 26.0 Å². The van der Waals surface area contributed by atoms with Crippen molar-refractivity contribution in [1.82, 2.24) is 4.90 Å². The minimum Gasteiger partial charge on any atom is -0.468 e. The smallest absolute Gasteiger partial charge is 0.320 e. The lowest BCUT2D eigenvalue weighted by atomic mass is 10.3. The fourth-order valence-electron chi connectivity index (χ4n) is 1.91. The first-order valence-electron chi connectivity index (χ1n) is 6.12. The number of ketones is 1. The molecule has 0 spiro atoms. The van der Waals surface area contributed by atoms with E-state index in [1.807, 2.05) is 0 Å². The summed E-state index contributed by atoms with van der Waals surface area (Å²) in [6, 6.07) is 3.33. The molecule has 2 rings (SSSR count). The second kappa shape index (κ2) is 6.41. The summed E-state index contributed by atoms with van der Waals surface area (Å²) in [6.07, 6.45) is 0. The van der Waals surface area contributed by atoms with Gasteiger partial charge in [-0.25, -0.2) is 0 Å². The van der Waals surface area contributed by atoms with E-state index in [9.17, 15) is 14.4 Å². The molecule has 1 amide bonds. The van der Waals surface area contributed by atoms with E-state index in [1.165, 1.54) is 37.1 Å². The highest BCUT2D eigenvalue weighted by atomic mass is 32.2. The number of Topliss-reactive ketones (excluding diaryl/α,β-unsaturated/α-hetero) is 1. The normalized spacial score (nSPS) is 18.7. The van der Waals surface area contributed by atoms with E-state index in [0.717, 1.165) is 0 Å². The predicted molar refractivity (Wildman–Crippen MR) is 78.5 cm³/mol. The van der Waals surface area contributed by atoms with E-state index in [0.29, 0.717) is 28.6 Å². The number of nitrogens with zero attached hydrogens (tertiary/aromatic N) is 1. The number of thiophene rings is 1. The number of esters is 1. The summed E-state index contributed by atoms with van der Waals surface area (Å²) in [7, 11) is 1.35. The van der Waals surface area contributed by atoms with Crippen LogP contribution < -0.4 is 0 Å². The first-order chi connectivity index (χ1) is 9.52. The first-order valence-corrected chi connectivity index (χ1v) is 7.99. The highest BCUT2D eigenvalue weighted by Crippen LogP contribution is 2.24. The lowest BCUT2D eigenvalue weighted by molar-refractivity contribution is -0.140. The third-order valence-electron chi connectivity index (χ3n) is 2.98. The van der Waals surface area contributed by atoms with Crippen LogP contribution in [0.2, 0.25) is 0 Å². The average molecular weight is 313 g/mol. The Balaban J connectivity index is 2.08. The Morgan fingerprint density at radius 2 is 2.00 bits per heavy atom. The number of hydrogen-bond donors (Lipinski definition) is 0. The molecule has 1 aromatic rings. The van der Waals surface area contributed by atoms with E-state index in [4.69, 9.17) is 4.74 Å². The molecule has 0 radical (unpaired) electrons. The van der Waals surface area contributed by atoms with Crippen LogP contribution in [0, 0.1) is 0 Å². The molecule has 0 saturated carbocycles. The number of carbonyl (C=O) groups is 3. The van der Waals surface area contributed by atoms with Gasteiger partial charge in [0.1, 0.15) is 5.25 Å². The van der Waals surface area contributed by atoms with Gasteiger partial charge in [0, 0.05) is 18.8 Å². The minimum absolute atomic E-state index is 0.0457. The van der Waals surface area contributed by atoms with Crippen LogP contribution in [0.3, 0.4) is 0 Å². The number of thioether (sulfide) groups is 1. The lowest BCUT2D eigenvalue weighted by Gasteiger charge is -2.30. The Hall–Kier alpha value is -1.34. The number of methoxy groups -OCH3 is 1. The quantitative estimate of drug-likeness (QED) is 0.627. The van der Waals surface area contributed by atoms with Gasteiger partial charge in [-0.1, -0.05) is 0 Å². The topological polar surface area (TPSA) is 63.7 Å². The van der Waals surface area contributed by atoms with E-state index in [2.05, 4.69) is 0 Å². The molecule has 2 heterocycles. The van der Waals surface area contributed by atoms with Crippen molar-refractivity contribution in [3.05, 3.63) is 21.9 Å². The zero-order valence-corrected chi connectivity index (χ0v) is 12.9. The number of rotatable bonds is 3. The molecule has 1 aliphatic heterocycles. The standard InChI is InChI=1S/C13H15NO4S2/c1-8(15)9-3-4-10(20-9)12(16)14-5-6-19-11(7-14)13(17)18-2/h3-4,11H,5-7H2,1-2H3/t11-/m0/s1. The number of ether oxygens (including phenoxy) is 1. The van der Waals surface area contributed by atoms with Gasteiger partial charge >= 0.3 is 5.97 Å². The average Bonchev–Trinajstić information content (AvgIpc) is 2.95. The molecule has 0 bridgehead atoms. The molecule has 1 fully saturated rings. The highest BCUT2D eigenvalue weighted by molar-refractivity contribution is 8.00. The van der Waals surface area contributed by atoms with Gasteiger partial charge in [-0.15, -0.1) is 23.1 Å². The van der Waals surface area contributed by atoms with Crippen LogP contribution in [0.15, 0.2) is 12.1 Å². The third-order valence-corrected chi connectivity index (χ3v) is 5.32. The van der Waals surface area contributed by atoms with Crippen LogP contribution in [0.1, 0.15) is 26.3 Å². The summed E-state index contributed by atoms with van der Waals surface area (Å²) < 4.78 is 4.72. The Morgan fingerprint density at radius 1 is 1.30 bits per heavy atom. The van der Waals surface area contributed by atoms with Crippen LogP contribution in [0.4, 0.5) is 0 Å². The number of carbonyl (C=O) groups excluding carboxylic acids is 3. The highest BCUT2D eigenvalue weighted by Gasteiger charge is 2.30. The maximum Gasteiger partial charge on any atom is 0.320 e. The third kappa shape index (κ3) is 3.21. The summed E-state index contributed by atoms with van der Waals surface area (Å²) in [6.45, 7) is 2.43. The Kier molecular flexibility index (Phi) is 4.82.